The second-order valence-electron chi connectivity index (χ2n) is 7.21. The van der Waals surface area contributed by atoms with E-state index in [2.05, 4.69) is 26.9 Å². The van der Waals surface area contributed by atoms with Crippen molar-refractivity contribution in [2.75, 3.05) is 27.4 Å². The van der Waals surface area contributed by atoms with Gasteiger partial charge < -0.3 is 18.9 Å². The van der Waals surface area contributed by atoms with Crippen molar-refractivity contribution in [1.82, 2.24) is 0 Å². The fraction of sp³-hybridized carbons (Fsp3) is 1.00. The minimum absolute atomic E-state index is 0.0179. The van der Waals surface area contributed by atoms with Crippen LogP contribution in [0.1, 0.15) is 13.8 Å². The van der Waals surface area contributed by atoms with Gasteiger partial charge in [-0.15, -0.1) is 0 Å². The Bertz CT molecular complexity index is 505. The van der Waals surface area contributed by atoms with Gasteiger partial charge in [0.15, 0.2) is 0 Å². The molecule has 0 aliphatic carbocycles. The number of rotatable bonds is 9. The van der Waals surface area contributed by atoms with Crippen molar-refractivity contribution in [3.05, 3.63) is 0 Å². The van der Waals surface area contributed by atoms with Crippen molar-refractivity contribution < 1.29 is 32.6 Å². The summed E-state index contributed by atoms with van der Waals surface area (Å²) in [5.74, 6) is 0.298. The SMILES string of the molecule is BB[C@@H]1O[C@H](COP(=O)(S)O[C@@H]2C(C)[C@H](B)O[C@@H]2COC)[C@H](OC)C1C. The quantitative estimate of drug-likeness (QED) is 0.313. The molecule has 0 radical (unpaired) electrons. The summed E-state index contributed by atoms with van der Waals surface area (Å²) in [5.41, 5.74) is 0. The molecule has 0 N–H and O–H groups in total. The molecule has 2 heterocycles. The number of thiol groups is 1. The summed E-state index contributed by atoms with van der Waals surface area (Å²) >= 11 is 4.16. The molecule has 2 rings (SSSR count). The highest BCUT2D eigenvalue weighted by Crippen LogP contribution is 2.56. The zero-order chi connectivity index (χ0) is 19.5. The Kier molecular flexibility index (Phi) is 8.63. The molecule has 148 valence electrons. The monoisotopic (exact) mass is 406 g/mol. The summed E-state index contributed by atoms with van der Waals surface area (Å²) in [7, 11) is 8.17. The Morgan fingerprint density at radius 1 is 1.12 bits per heavy atom. The van der Waals surface area contributed by atoms with Gasteiger partial charge in [-0.3, -0.25) is 9.05 Å². The predicted octanol–water partition coefficient (Wildman–Crippen LogP) is -0.573. The van der Waals surface area contributed by atoms with Crippen LogP contribution in [-0.2, 0) is 32.6 Å². The second kappa shape index (κ2) is 9.83. The van der Waals surface area contributed by atoms with Crippen molar-refractivity contribution in [2.24, 2.45) is 11.8 Å². The van der Waals surface area contributed by atoms with Gasteiger partial charge in [-0.1, -0.05) is 26.1 Å². The fourth-order valence-electron chi connectivity index (χ4n) is 3.84. The van der Waals surface area contributed by atoms with Crippen LogP contribution in [0.5, 0.6) is 0 Å². The minimum atomic E-state index is -3.58. The molecule has 0 amide bonds. The van der Waals surface area contributed by atoms with Crippen LogP contribution in [0.3, 0.4) is 0 Å². The summed E-state index contributed by atoms with van der Waals surface area (Å²) in [6.45, 7) is 0.969. The van der Waals surface area contributed by atoms with Crippen LogP contribution in [0.4, 0.5) is 0 Å². The zero-order valence-corrected chi connectivity index (χ0v) is 18.3. The fourth-order valence-corrected chi connectivity index (χ4v) is 5.40. The third kappa shape index (κ3) is 5.32. The van der Waals surface area contributed by atoms with E-state index in [1.54, 1.807) is 14.2 Å². The smallest absolute Gasteiger partial charge is 0.382 e. The second-order valence-corrected chi connectivity index (χ2v) is 10.1. The van der Waals surface area contributed by atoms with E-state index in [1.807, 2.05) is 14.8 Å². The largest absolute Gasteiger partial charge is 0.386 e. The third-order valence-corrected chi connectivity index (χ3v) is 7.11. The minimum Gasteiger partial charge on any atom is -0.382 e. The van der Waals surface area contributed by atoms with Crippen LogP contribution in [-0.4, -0.2) is 86.6 Å². The first-order valence-corrected chi connectivity index (χ1v) is 11.9. The first-order valence-electron chi connectivity index (χ1n) is 9.22. The molecule has 2 saturated heterocycles. The van der Waals surface area contributed by atoms with Gasteiger partial charge >= 0.3 is 6.80 Å². The molecular weight excluding hydrogens is 376 g/mol. The highest BCUT2D eigenvalue weighted by atomic mass is 32.7. The molecule has 12 heteroatoms. The number of ether oxygens (including phenoxy) is 4. The first kappa shape index (κ1) is 22.8. The molecule has 0 aromatic carbocycles. The molecule has 3 unspecified atom stereocenters. The summed E-state index contributed by atoms with van der Waals surface area (Å²) in [4.78, 5) is 0. The van der Waals surface area contributed by atoms with Crippen LogP contribution in [0, 0.1) is 11.8 Å². The molecule has 2 fully saturated rings. The van der Waals surface area contributed by atoms with Crippen molar-refractivity contribution in [3.63, 3.8) is 0 Å². The van der Waals surface area contributed by atoms with Gasteiger partial charge in [0, 0.05) is 38.1 Å². The van der Waals surface area contributed by atoms with Gasteiger partial charge in [0.2, 0.25) is 0 Å². The average Bonchev–Trinajstić information content (AvgIpc) is 3.04. The number of hydrogen-bond acceptors (Lipinski definition) is 7. The Morgan fingerprint density at radius 3 is 2.35 bits per heavy atom. The van der Waals surface area contributed by atoms with E-state index in [9.17, 15) is 4.57 Å². The zero-order valence-electron chi connectivity index (χ0n) is 16.5. The van der Waals surface area contributed by atoms with Gasteiger partial charge in [-0.05, 0) is 0 Å². The highest BCUT2D eigenvalue weighted by Gasteiger charge is 2.45. The molecular formula is C14H30B3O7PS. The van der Waals surface area contributed by atoms with Crippen LogP contribution in [0.15, 0.2) is 0 Å². The van der Waals surface area contributed by atoms with E-state index in [4.69, 9.17) is 28.0 Å². The van der Waals surface area contributed by atoms with Crippen molar-refractivity contribution in [2.45, 2.75) is 50.3 Å². The Morgan fingerprint density at radius 2 is 1.77 bits per heavy atom. The normalized spacial score (nSPS) is 42.7. The average molecular weight is 406 g/mol. The van der Waals surface area contributed by atoms with Gasteiger partial charge in [-0.25, -0.2) is 4.57 Å². The topological polar surface area (TPSA) is 72.5 Å². The molecule has 0 aromatic rings. The lowest BCUT2D eigenvalue weighted by molar-refractivity contribution is -0.0289. The maximum absolute atomic E-state index is 12.8. The van der Waals surface area contributed by atoms with E-state index >= 15 is 0 Å². The van der Waals surface area contributed by atoms with Crippen LogP contribution in [0.2, 0.25) is 0 Å². The maximum atomic E-state index is 12.8. The summed E-state index contributed by atoms with van der Waals surface area (Å²) < 4.78 is 46.6. The van der Waals surface area contributed by atoms with Crippen molar-refractivity contribution in [3.8, 4) is 0 Å². The highest BCUT2D eigenvalue weighted by molar-refractivity contribution is 8.44. The molecule has 0 saturated carbocycles. The summed E-state index contributed by atoms with van der Waals surface area (Å²) in [6.07, 6.45) is -1.11. The van der Waals surface area contributed by atoms with Crippen molar-refractivity contribution in [1.29, 1.82) is 0 Å². The standard InChI is InChI=1S/C14H30B3O7PS/c1-7-12(9(5-19-3)22-13(7)15)24-25(18,26)21-6-10-11(20-4)8(2)14(17-16)23-10/h7-14,17H,5-6,15-16H2,1-4H3,(H,18,26)/t7?,8?,9-,10-,11-,12-,13-,14-,25?/m1/s1. The lowest BCUT2D eigenvalue weighted by atomic mass is 9.49. The van der Waals surface area contributed by atoms with E-state index < -0.39 is 12.9 Å². The molecule has 2 aliphatic heterocycles. The van der Waals surface area contributed by atoms with E-state index in [1.165, 1.54) is 0 Å². The van der Waals surface area contributed by atoms with Crippen LogP contribution < -0.4 is 0 Å². The molecule has 9 atom stereocenters. The van der Waals surface area contributed by atoms with E-state index in [-0.39, 0.29) is 48.8 Å². The lowest BCUT2D eigenvalue weighted by Gasteiger charge is -2.26. The maximum Gasteiger partial charge on any atom is 0.386 e. The summed E-state index contributed by atoms with van der Waals surface area (Å²) in [5, 5.41) is 0. The molecule has 7 nitrogen and oxygen atoms in total. The van der Waals surface area contributed by atoms with E-state index in [0.717, 1.165) is 7.17 Å². The third-order valence-electron chi connectivity index (χ3n) is 5.50. The van der Waals surface area contributed by atoms with Crippen molar-refractivity contribution >= 4 is 41.8 Å². The molecule has 2 aliphatic rings. The van der Waals surface area contributed by atoms with Crippen LogP contribution in [0.25, 0.3) is 0 Å². The van der Waals surface area contributed by atoms with Gasteiger partial charge in [-0.2, -0.15) is 0 Å². The first-order chi connectivity index (χ1) is 12.2. The predicted molar refractivity (Wildman–Crippen MR) is 110 cm³/mol. The number of hydrogen-bond donors (Lipinski definition) is 1. The Balaban J connectivity index is 1.95. The molecule has 0 spiro atoms. The Labute approximate surface area is 164 Å². The lowest BCUT2D eigenvalue weighted by Crippen LogP contribution is -2.33. The van der Waals surface area contributed by atoms with Crippen LogP contribution >= 0.6 is 19.0 Å². The summed E-state index contributed by atoms with van der Waals surface area (Å²) in [6, 6.07) is 0.0830. The molecule has 0 aromatic heterocycles. The number of methoxy groups -OCH3 is 2. The van der Waals surface area contributed by atoms with Gasteiger partial charge in [0.05, 0.1) is 27.1 Å². The van der Waals surface area contributed by atoms with Gasteiger partial charge in [0.25, 0.3) is 0 Å². The molecule has 26 heavy (non-hydrogen) atoms. The molecule has 0 bridgehead atoms. The van der Waals surface area contributed by atoms with Gasteiger partial charge in [0.1, 0.15) is 33.3 Å². The van der Waals surface area contributed by atoms with E-state index in [0.29, 0.717) is 6.61 Å². The Hall–Kier alpha value is 0.535.